The van der Waals surface area contributed by atoms with E-state index in [1.54, 1.807) is 6.07 Å². The number of benzene rings is 3. The topological polar surface area (TPSA) is 56.2 Å². The Bertz CT molecular complexity index is 1080. The molecule has 1 fully saturated rings. The van der Waals surface area contributed by atoms with Crippen LogP contribution in [0.1, 0.15) is 11.6 Å². The number of para-hydroxylation sites is 4. The summed E-state index contributed by atoms with van der Waals surface area (Å²) in [6, 6.07) is 25.1. The minimum atomic E-state index is -0.152. The summed E-state index contributed by atoms with van der Waals surface area (Å²) in [6.45, 7) is 3.86. The maximum atomic E-state index is 13.6. The number of amides is 1. The van der Waals surface area contributed by atoms with Crippen LogP contribution in [0, 0.1) is 0 Å². The Kier molecular flexibility index (Phi) is 5.69. The molecule has 1 atom stereocenters. The lowest BCUT2D eigenvalue weighted by atomic mass is 10.0. The van der Waals surface area contributed by atoms with Crippen LogP contribution in [0.4, 0.5) is 11.4 Å². The number of hydrogen-bond donors (Lipinski definition) is 1. The number of nitrogens with zero attached hydrogens (tertiary/aromatic N) is 3. The van der Waals surface area contributed by atoms with Crippen LogP contribution in [0.15, 0.2) is 78.9 Å². The molecule has 6 nitrogen and oxygen atoms in total. The first-order valence-electron chi connectivity index (χ1n) is 11.0. The zero-order valence-electron chi connectivity index (χ0n) is 17.9. The van der Waals surface area contributed by atoms with E-state index in [1.807, 2.05) is 77.7 Å². The van der Waals surface area contributed by atoms with Gasteiger partial charge in [0.25, 0.3) is 0 Å². The Morgan fingerprint density at radius 2 is 1.50 bits per heavy atom. The smallest absolute Gasteiger partial charge is 0.241 e. The van der Waals surface area contributed by atoms with E-state index in [2.05, 4.69) is 9.80 Å². The molecule has 2 aliphatic heterocycles. The summed E-state index contributed by atoms with van der Waals surface area (Å²) in [5.41, 5.74) is 2.75. The van der Waals surface area contributed by atoms with Gasteiger partial charge in [0.15, 0.2) is 0 Å². The number of ether oxygens (including phenoxy) is 1. The molecule has 6 heteroatoms. The maximum absolute atomic E-state index is 13.6. The molecule has 32 heavy (non-hydrogen) atoms. The first-order valence-corrected chi connectivity index (χ1v) is 11.0. The number of phenols is 1. The Morgan fingerprint density at radius 3 is 2.25 bits per heavy atom. The fourth-order valence-electron chi connectivity index (χ4n) is 4.56. The Morgan fingerprint density at radius 1 is 0.844 bits per heavy atom. The van der Waals surface area contributed by atoms with Gasteiger partial charge in [0.2, 0.25) is 5.91 Å². The van der Waals surface area contributed by atoms with Crippen LogP contribution in [-0.4, -0.2) is 55.2 Å². The van der Waals surface area contributed by atoms with Crippen molar-refractivity contribution in [1.29, 1.82) is 0 Å². The van der Waals surface area contributed by atoms with Gasteiger partial charge in [-0.1, -0.05) is 54.6 Å². The summed E-state index contributed by atoms with van der Waals surface area (Å²) in [4.78, 5) is 19.9. The normalized spacial score (nSPS) is 18.7. The molecule has 0 aliphatic carbocycles. The van der Waals surface area contributed by atoms with E-state index < -0.39 is 0 Å². The zero-order chi connectivity index (χ0) is 21.9. The first kappa shape index (κ1) is 20.4. The van der Waals surface area contributed by atoms with E-state index in [1.165, 1.54) is 0 Å². The Labute approximate surface area is 188 Å². The van der Waals surface area contributed by atoms with Crippen molar-refractivity contribution in [2.24, 2.45) is 0 Å². The number of carbonyl (C=O) groups excluding carboxylic acids is 1. The molecule has 2 heterocycles. The quantitative estimate of drug-likeness (QED) is 0.686. The number of piperazine rings is 1. The molecule has 0 bridgehead atoms. The molecular formula is C26H27N3O3. The van der Waals surface area contributed by atoms with Crippen molar-refractivity contribution in [3.63, 3.8) is 0 Å². The maximum Gasteiger partial charge on any atom is 0.241 e. The van der Waals surface area contributed by atoms with Crippen LogP contribution in [0.25, 0.3) is 0 Å². The molecule has 3 aromatic rings. The number of fused-ring (bicyclic) bond motifs is 1. The lowest BCUT2D eigenvalue weighted by molar-refractivity contribution is -0.120. The summed E-state index contributed by atoms with van der Waals surface area (Å²) in [5, 5.41) is 10.1. The molecule has 1 saturated heterocycles. The van der Waals surface area contributed by atoms with Crippen molar-refractivity contribution < 1.29 is 14.6 Å². The average molecular weight is 430 g/mol. The Hall–Kier alpha value is -3.51. The SMILES string of the molecule is O=C(CN1CCN(c2ccccc2O)CC1)N1c2ccccc2OCC1c1ccccc1. The van der Waals surface area contributed by atoms with Crippen LogP contribution >= 0.6 is 0 Å². The standard InChI is InChI=1S/C26H27N3O3/c30-24-12-6-4-10-21(24)28-16-14-27(15-17-28)18-26(31)29-22-11-5-7-13-25(22)32-19-23(29)20-8-2-1-3-9-20/h1-13,23,30H,14-19H2. The van der Waals surface area contributed by atoms with Crippen molar-refractivity contribution in [1.82, 2.24) is 4.90 Å². The molecule has 1 N–H and O–H groups in total. The summed E-state index contributed by atoms with van der Waals surface area (Å²) >= 11 is 0. The molecular weight excluding hydrogens is 402 g/mol. The van der Waals surface area contributed by atoms with Gasteiger partial charge >= 0.3 is 0 Å². The van der Waals surface area contributed by atoms with E-state index >= 15 is 0 Å². The van der Waals surface area contributed by atoms with E-state index in [0.717, 1.165) is 48.9 Å². The second kappa shape index (κ2) is 8.93. The molecule has 2 aliphatic rings. The molecule has 0 radical (unpaired) electrons. The molecule has 5 rings (SSSR count). The third kappa shape index (κ3) is 4.01. The molecule has 164 valence electrons. The van der Waals surface area contributed by atoms with Crippen LogP contribution in [-0.2, 0) is 4.79 Å². The third-order valence-corrected chi connectivity index (χ3v) is 6.24. The van der Waals surface area contributed by atoms with Gasteiger partial charge in [0.05, 0.1) is 24.0 Å². The second-order valence-electron chi connectivity index (χ2n) is 8.22. The monoisotopic (exact) mass is 429 g/mol. The van der Waals surface area contributed by atoms with Gasteiger partial charge in [-0.05, 0) is 29.8 Å². The average Bonchev–Trinajstić information content (AvgIpc) is 2.85. The predicted octanol–water partition coefficient (Wildman–Crippen LogP) is 3.68. The summed E-state index contributed by atoms with van der Waals surface area (Å²) in [6.07, 6.45) is 0. The molecule has 1 amide bonds. The number of carbonyl (C=O) groups is 1. The van der Waals surface area contributed by atoms with Crippen molar-refractivity contribution >= 4 is 17.3 Å². The summed E-state index contributed by atoms with van der Waals surface area (Å²) < 4.78 is 6.00. The number of hydrogen-bond acceptors (Lipinski definition) is 5. The Balaban J connectivity index is 1.32. The fraction of sp³-hybridized carbons (Fsp3) is 0.269. The number of aromatic hydroxyl groups is 1. The summed E-state index contributed by atoms with van der Waals surface area (Å²) in [5.74, 6) is 1.12. The fourth-order valence-corrected chi connectivity index (χ4v) is 4.56. The predicted molar refractivity (Wildman–Crippen MR) is 125 cm³/mol. The zero-order valence-corrected chi connectivity index (χ0v) is 17.9. The van der Waals surface area contributed by atoms with E-state index in [4.69, 9.17) is 4.74 Å². The molecule has 3 aromatic carbocycles. The highest BCUT2D eigenvalue weighted by atomic mass is 16.5. The number of anilines is 2. The van der Waals surface area contributed by atoms with Gasteiger partial charge in [0.1, 0.15) is 18.1 Å². The largest absolute Gasteiger partial charge is 0.506 e. The van der Waals surface area contributed by atoms with Gasteiger partial charge in [-0.25, -0.2) is 0 Å². The van der Waals surface area contributed by atoms with Crippen molar-refractivity contribution in [2.75, 3.05) is 49.1 Å². The highest BCUT2D eigenvalue weighted by Gasteiger charge is 2.34. The number of rotatable bonds is 4. The van der Waals surface area contributed by atoms with Crippen molar-refractivity contribution in [2.45, 2.75) is 6.04 Å². The van der Waals surface area contributed by atoms with Crippen molar-refractivity contribution in [3.8, 4) is 11.5 Å². The highest BCUT2D eigenvalue weighted by Crippen LogP contribution is 2.39. The van der Waals surface area contributed by atoms with Gasteiger partial charge in [-0.2, -0.15) is 0 Å². The van der Waals surface area contributed by atoms with Crippen LogP contribution < -0.4 is 14.5 Å². The van der Waals surface area contributed by atoms with Crippen LogP contribution in [0.5, 0.6) is 11.5 Å². The van der Waals surface area contributed by atoms with Crippen LogP contribution in [0.2, 0.25) is 0 Å². The minimum absolute atomic E-state index is 0.0746. The number of phenolic OH excluding ortho intramolecular Hbond substituents is 1. The molecule has 0 aromatic heterocycles. The lowest BCUT2D eigenvalue weighted by Crippen LogP contribution is -2.51. The first-order chi connectivity index (χ1) is 15.7. The molecule has 0 saturated carbocycles. The van der Waals surface area contributed by atoms with Crippen LogP contribution in [0.3, 0.4) is 0 Å². The van der Waals surface area contributed by atoms with Crippen molar-refractivity contribution in [3.05, 3.63) is 84.4 Å². The summed E-state index contributed by atoms with van der Waals surface area (Å²) in [7, 11) is 0. The van der Waals surface area contributed by atoms with Gasteiger partial charge in [-0.15, -0.1) is 0 Å². The third-order valence-electron chi connectivity index (χ3n) is 6.24. The minimum Gasteiger partial charge on any atom is -0.506 e. The van der Waals surface area contributed by atoms with Gasteiger partial charge in [-0.3, -0.25) is 14.6 Å². The van der Waals surface area contributed by atoms with Gasteiger partial charge < -0.3 is 14.7 Å². The van der Waals surface area contributed by atoms with Gasteiger partial charge in [0, 0.05) is 26.2 Å². The highest BCUT2D eigenvalue weighted by molar-refractivity contribution is 5.97. The molecule has 0 spiro atoms. The second-order valence-corrected chi connectivity index (χ2v) is 8.22. The lowest BCUT2D eigenvalue weighted by Gasteiger charge is -2.40. The van der Waals surface area contributed by atoms with E-state index in [0.29, 0.717) is 18.9 Å². The van der Waals surface area contributed by atoms with E-state index in [9.17, 15) is 9.90 Å². The molecule has 1 unspecified atom stereocenters. The van der Waals surface area contributed by atoms with E-state index in [-0.39, 0.29) is 11.9 Å².